The van der Waals surface area contributed by atoms with Gasteiger partial charge in [0, 0.05) is 54.5 Å². The summed E-state index contributed by atoms with van der Waals surface area (Å²) in [4.78, 5) is 16.3. The molecule has 1 aliphatic heterocycles. The molecule has 203 valence electrons. The van der Waals surface area contributed by atoms with Crippen LogP contribution in [-0.4, -0.2) is 15.9 Å². The number of nitrogens with zero attached hydrogens (tertiary/aromatic N) is 1. The van der Waals surface area contributed by atoms with Crippen LogP contribution in [0.1, 0.15) is 41.5 Å². The minimum absolute atomic E-state index is 0. The van der Waals surface area contributed by atoms with Crippen LogP contribution in [0.25, 0.3) is 33.5 Å². The van der Waals surface area contributed by atoms with Gasteiger partial charge in [-0.25, -0.2) is 0 Å². The molecule has 4 nitrogen and oxygen atoms in total. The number of aliphatic hydroxyl groups excluding tert-OH is 1. The number of carbonyl (C=O) groups excluding carboxylic acids is 1. The van der Waals surface area contributed by atoms with Crippen molar-refractivity contribution < 1.29 is 34.7 Å². The number of hydrogen-bond donors (Lipinski definition) is 1. The van der Waals surface area contributed by atoms with E-state index in [2.05, 4.69) is 30.3 Å². The monoisotopic (exact) mass is 697 g/mol. The van der Waals surface area contributed by atoms with Crippen LogP contribution in [0.5, 0.6) is 11.5 Å². The van der Waals surface area contributed by atoms with Crippen molar-refractivity contribution in [2.45, 2.75) is 41.5 Å². The predicted octanol–water partition coefficient (Wildman–Crippen LogP) is 9.08. The standard InChI is InChI=1S/C23H14NO.C11H20O2.Ir/c1-2-8-16(9-3-1)17-14-20-18-10-4-6-12-21(18)25-22-13-7-5-11-19(22)23(20)24-15-17;1-10(2,3)8(12)7-9(13)11(4,5)6;/h1-10,12-15H;7,12H,1-6H3;/q-1;;. The molecule has 0 amide bonds. The second kappa shape index (κ2) is 12.1. The molecule has 0 unspecified atom stereocenters. The summed E-state index contributed by atoms with van der Waals surface area (Å²) in [5.74, 6) is 1.73. The van der Waals surface area contributed by atoms with Gasteiger partial charge in [0.2, 0.25) is 0 Å². The number of pyridine rings is 1. The summed E-state index contributed by atoms with van der Waals surface area (Å²) in [6.45, 7) is 11.1. The molecule has 5 rings (SSSR count). The van der Waals surface area contributed by atoms with Gasteiger partial charge in [-0.1, -0.05) is 102 Å². The SMILES string of the molecule is CC(C)(C)C(=O)C=C(O)C(C)(C)C.[Ir].[c-]1cccc2c1-c1ncc(-c3ccccc3)cc1-c1ccccc1O2. The van der Waals surface area contributed by atoms with Crippen LogP contribution in [0.2, 0.25) is 0 Å². The third-order valence-electron chi connectivity index (χ3n) is 6.22. The van der Waals surface area contributed by atoms with Crippen molar-refractivity contribution in [3.63, 3.8) is 0 Å². The molecule has 2 heterocycles. The zero-order chi connectivity index (χ0) is 27.5. The first-order valence-corrected chi connectivity index (χ1v) is 12.7. The van der Waals surface area contributed by atoms with E-state index in [4.69, 9.17) is 9.72 Å². The van der Waals surface area contributed by atoms with Gasteiger partial charge in [-0.3, -0.25) is 4.79 Å². The minimum atomic E-state index is -0.417. The number of carbonyl (C=O) groups is 1. The molecule has 0 saturated heterocycles. The van der Waals surface area contributed by atoms with Crippen molar-refractivity contribution in [2.24, 2.45) is 10.8 Å². The fourth-order valence-corrected chi connectivity index (χ4v) is 3.80. The quantitative estimate of drug-likeness (QED) is 0.114. The molecule has 5 heteroatoms. The van der Waals surface area contributed by atoms with Crippen LogP contribution in [-0.2, 0) is 24.9 Å². The number of aliphatic hydroxyl groups is 1. The van der Waals surface area contributed by atoms with E-state index in [1.54, 1.807) is 0 Å². The number of hydrogen-bond acceptors (Lipinski definition) is 4. The minimum Gasteiger partial charge on any atom is -0.512 e. The molecule has 1 N–H and O–H groups in total. The van der Waals surface area contributed by atoms with E-state index in [0.29, 0.717) is 0 Å². The second-order valence-corrected chi connectivity index (χ2v) is 11.4. The van der Waals surface area contributed by atoms with Crippen LogP contribution in [0.4, 0.5) is 0 Å². The number of fused-ring (bicyclic) bond motifs is 5. The third-order valence-corrected chi connectivity index (χ3v) is 6.22. The Bertz CT molecular complexity index is 1480. The molecule has 0 aliphatic carbocycles. The average Bonchev–Trinajstić information content (AvgIpc) is 3.02. The Morgan fingerprint density at radius 2 is 1.46 bits per heavy atom. The second-order valence-electron chi connectivity index (χ2n) is 11.4. The van der Waals surface area contributed by atoms with Crippen molar-refractivity contribution in [1.29, 1.82) is 0 Å². The van der Waals surface area contributed by atoms with Gasteiger partial charge in [-0.15, -0.1) is 24.3 Å². The zero-order valence-electron chi connectivity index (χ0n) is 23.2. The maximum absolute atomic E-state index is 11.5. The van der Waals surface area contributed by atoms with Gasteiger partial charge in [-0.2, -0.15) is 0 Å². The van der Waals surface area contributed by atoms with E-state index in [1.807, 2.05) is 102 Å². The molecule has 0 saturated carbocycles. The fraction of sp³-hybridized carbons (Fsp3) is 0.235. The summed E-state index contributed by atoms with van der Waals surface area (Å²) in [6.07, 6.45) is 3.26. The van der Waals surface area contributed by atoms with Crippen LogP contribution in [0, 0.1) is 16.9 Å². The first-order valence-electron chi connectivity index (χ1n) is 12.7. The van der Waals surface area contributed by atoms with Gasteiger partial charge in [0.05, 0.1) is 0 Å². The third kappa shape index (κ3) is 7.11. The summed E-state index contributed by atoms with van der Waals surface area (Å²) >= 11 is 0. The molecular formula is C34H34IrNO3-. The van der Waals surface area contributed by atoms with Crippen molar-refractivity contribution in [3.8, 4) is 45.0 Å². The molecule has 3 aromatic carbocycles. The largest absolute Gasteiger partial charge is 0.512 e. The van der Waals surface area contributed by atoms with Crippen LogP contribution < -0.4 is 4.74 Å². The maximum Gasteiger partial charge on any atom is 0.164 e. The first-order chi connectivity index (χ1) is 17.9. The van der Waals surface area contributed by atoms with Crippen LogP contribution in [0.15, 0.2) is 96.9 Å². The first kappa shape index (κ1) is 30.0. The van der Waals surface area contributed by atoms with E-state index in [-0.39, 0.29) is 37.1 Å². The molecule has 39 heavy (non-hydrogen) atoms. The molecule has 0 fully saturated rings. The summed E-state index contributed by atoms with van der Waals surface area (Å²) in [5.41, 5.74) is 5.39. The van der Waals surface area contributed by atoms with Gasteiger partial charge in [0.1, 0.15) is 11.5 Å². The average molecular weight is 697 g/mol. The topological polar surface area (TPSA) is 59.4 Å². The van der Waals surface area contributed by atoms with Gasteiger partial charge in [0.15, 0.2) is 5.78 Å². The molecule has 1 aliphatic rings. The molecule has 1 aromatic heterocycles. The van der Waals surface area contributed by atoms with E-state index in [0.717, 1.165) is 45.0 Å². The van der Waals surface area contributed by atoms with Crippen LogP contribution >= 0.6 is 0 Å². The Kier molecular flexibility index (Phi) is 9.32. The smallest absolute Gasteiger partial charge is 0.164 e. The van der Waals surface area contributed by atoms with Crippen LogP contribution in [0.3, 0.4) is 0 Å². The Balaban J connectivity index is 0.000000260. The van der Waals surface area contributed by atoms with Gasteiger partial charge in [-0.05, 0) is 28.5 Å². The van der Waals surface area contributed by atoms with Crippen molar-refractivity contribution in [2.75, 3.05) is 0 Å². The number of benzene rings is 3. The Morgan fingerprint density at radius 1 is 0.821 bits per heavy atom. The normalized spacial score (nSPS) is 12.2. The summed E-state index contributed by atoms with van der Waals surface area (Å²) in [5, 5.41) is 9.56. The Hall–Kier alpha value is -3.53. The number of aromatic nitrogens is 1. The molecule has 0 bridgehead atoms. The predicted molar refractivity (Wildman–Crippen MR) is 154 cm³/mol. The zero-order valence-corrected chi connectivity index (χ0v) is 25.6. The van der Waals surface area contributed by atoms with Crippen molar-refractivity contribution >= 4 is 5.78 Å². The van der Waals surface area contributed by atoms with E-state index in [1.165, 1.54) is 6.08 Å². The number of allylic oxidation sites excluding steroid dienone is 2. The Morgan fingerprint density at radius 3 is 2.13 bits per heavy atom. The van der Waals surface area contributed by atoms with E-state index in [9.17, 15) is 9.90 Å². The molecular weight excluding hydrogens is 663 g/mol. The summed E-state index contributed by atoms with van der Waals surface area (Å²) < 4.78 is 6.16. The summed E-state index contributed by atoms with van der Waals surface area (Å²) in [6, 6.07) is 29.7. The van der Waals surface area contributed by atoms with Crippen molar-refractivity contribution in [1.82, 2.24) is 4.98 Å². The fourth-order valence-electron chi connectivity index (χ4n) is 3.80. The van der Waals surface area contributed by atoms with Gasteiger partial charge in [0.25, 0.3) is 0 Å². The number of para-hydroxylation sites is 1. The van der Waals surface area contributed by atoms with Gasteiger partial charge >= 0.3 is 0 Å². The molecule has 1 radical (unpaired) electrons. The maximum atomic E-state index is 11.5. The van der Waals surface area contributed by atoms with Gasteiger partial charge < -0.3 is 14.8 Å². The Labute approximate surface area is 245 Å². The number of ether oxygens (including phenoxy) is 1. The number of rotatable bonds is 2. The molecule has 4 aromatic rings. The molecule has 0 spiro atoms. The molecule has 0 atom stereocenters. The van der Waals surface area contributed by atoms with E-state index < -0.39 is 5.41 Å². The van der Waals surface area contributed by atoms with E-state index >= 15 is 0 Å². The number of ketones is 1. The summed E-state index contributed by atoms with van der Waals surface area (Å²) in [7, 11) is 0. The van der Waals surface area contributed by atoms with Crippen molar-refractivity contribution in [3.05, 3.63) is 103 Å².